The second-order valence-electron chi connectivity index (χ2n) is 8.30. The number of halogens is 5. The summed E-state index contributed by atoms with van der Waals surface area (Å²) in [5.74, 6) is -5.60. The number of carbonyl (C=O) groups is 2. The maximum Gasteiger partial charge on any atom is 0.416 e. The summed E-state index contributed by atoms with van der Waals surface area (Å²) in [6, 6.07) is 9.76. The third-order valence-corrected chi connectivity index (χ3v) is 6.22. The van der Waals surface area contributed by atoms with Crippen LogP contribution in [0.3, 0.4) is 0 Å². The number of nitrogens with one attached hydrogen (secondary N) is 1. The monoisotopic (exact) mass is 493 g/mol. The molecular formula is C25H20F5NO2S. The average Bonchev–Trinajstić information content (AvgIpc) is 3.42. The van der Waals surface area contributed by atoms with E-state index < -0.39 is 34.9 Å². The summed E-state index contributed by atoms with van der Waals surface area (Å²) in [5, 5.41) is 5.90. The minimum Gasteiger partial charge on any atom is -0.348 e. The molecular weight excluding hydrogens is 473 g/mol. The molecule has 0 bridgehead atoms. The summed E-state index contributed by atoms with van der Waals surface area (Å²) in [6.45, 7) is 0. The van der Waals surface area contributed by atoms with E-state index in [1.807, 2.05) is 0 Å². The Labute approximate surface area is 196 Å². The van der Waals surface area contributed by atoms with E-state index in [4.69, 9.17) is 0 Å². The maximum atomic E-state index is 14.8. The predicted octanol–water partition coefficient (Wildman–Crippen LogP) is 6.16. The van der Waals surface area contributed by atoms with Gasteiger partial charge < -0.3 is 5.32 Å². The largest absolute Gasteiger partial charge is 0.416 e. The number of rotatable bonds is 8. The first-order valence-corrected chi connectivity index (χ1v) is 11.5. The summed E-state index contributed by atoms with van der Waals surface area (Å²) in [5.41, 5.74) is 0.352. The van der Waals surface area contributed by atoms with Crippen molar-refractivity contribution in [3.63, 3.8) is 0 Å². The van der Waals surface area contributed by atoms with Crippen molar-refractivity contribution in [1.82, 2.24) is 5.32 Å². The van der Waals surface area contributed by atoms with Gasteiger partial charge in [0.2, 0.25) is 0 Å². The first kappa shape index (κ1) is 24.1. The second-order valence-corrected chi connectivity index (χ2v) is 9.08. The molecule has 0 aliphatic heterocycles. The molecule has 0 saturated heterocycles. The molecule has 9 heteroatoms. The fraction of sp³-hybridized carbons (Fsp3) is 0.280. The SMILES string of the molecule is O=C(Cc1cccc(C(F)(F)F)c1)Cc1cc(C(F)(F)C(=O)NC2CC2)ccc1-c1ccsc1. The molecule has 1 aromatic heterocycles. The summed E-state index contributed by atoms with van der Waals surface area (Å²) >= 11 is 1.39. The molecule has 0 spiro atoms. The van der Waals surface area contributed by atoms with E-state index in [1.165, 1.54) is 35.6 Å². The molecule has 2 aromatic carbocycles. The van der Waals surface area contributed by atoms with Crippen LogP contribution in [0.15, 0.2) is 59.3 Å². The molecule has 1 aliphatic carbocycles. The molecule has 1 N–H and O–H groups in total. The molecule has 34 heavy (non-hydrogen) atoms. The Morgan fingerprint density at radius 2 is 1.71 bits per heavy atom. The number of hydrogen-bond acceptors (Lipinski definition) is 3. The van der Waals surface area contributed by atoms with E-state index in [9.17, 15) is 31.5 Å². The lowest BCUT2D eigenvalue weighted by Crippen LogP contribution is -2.39. The van der Waals surface area contributed by atoms with Crippen LogP contribution in [0.1, 0.15) is 35.1 Å². The van der Waals surface area contributed by atoms with Crippen LogP contribution in [0.25, 0.3) is 11.1 Å². The van der Waals surface area contributed by atoms with Crippen LogP contribution in [0, 0.1) is 0 Å². The Morgan fingerprint density at radius 1 is 0.941 bits per heavy atom. The Balaban J connectivity index is 1.60. The van der Waals surface area contributed by atoms with Crippen molar-refractivity contribution < 1.29 is 31.5 Å². The number of thiophene rings is 1. The summed E-state index contributed by atoms with van der Waals surface area (Å²) in [6.07, 6.45) is -3.76. The molecule has 1 heterocycles. The number of ketones is 1. The number of alkyl halides is 5. The first-order chi connectivity index (χ1) is 16.0. The highest BCUT2D eigenvalue weighted by Crippen LogP contribution is 2.35. The fourth-order valence-electron chi connectivity index (χ4n) is 3.63. The van der Waals surface area contributed by atoms with Gasteiger partial charge in [-0.05, 0) is 64.1 Å². The molecule has 0 unspecified atom stereocenters. The zero-order valence-electron chi connectivity index (χ0n) is 17.8. The quantitative estimate of drug-likeness (QED) is 0.382. The molecule has 0 atom stereocenters. The highest BCUT2D eigenvalue weighted by molar-refractivity contribution is 7.08. The molecule has 0 radical (unpaired) electrons. The van der Waals surface area contributed by atoms with Crippen molar-refractivity contribution in [3.8, 4) is 11.1 Å². The van der Waals surface area contributed by atoms with Gasteiger partial charge in [-0.25, -0.2) is 0 Å². The van der Waals surface area contributed by atoms with Gasteiger partial charge in [0, 0.05) is 24.4 Å². The zero-order chi connectivity index (χ0) is 24.5. The fourth-order valence-corrected chi connectivity index (χ4v) is 4.29. The van der Waals surface area contributed by atoms with Gasteiger partial charge in [0.15, 0.2) is 0 Å². The van der Waals surface area contributed by atoms with E-state index in [-0.39, 0.29) is 30.0 Å². The van der Waals surface area contributed by atoms with E-state index in [1.54, 1.807) is 16.8 Å². The highest BCUT2D eigenvalue weighted by atomic mass is 32.1. The first-order valence-electron chi connectivity index (χ1n) is 10.6. The topological polar surface area (TPSA) is 46.2 Å². The van der Waals surface area contributed by atoms with Crippen molar-refractivity contribution in [2.75, 3.05) is 0 Å². The Morgan fingerprint density at radius 3 is 2.35 bits per heavy atom. The summed E-state index contributed by atoms with van der Waals surface area (Å²) < 4.78 is 68.6. The van der Waals surface area contributed by atoms with Gasteiger partial charge in [0.25, 0.3) is 5.91 Å². The standard InChI is InChI=1S/C25H20F5NO2S/c26-24(27,23(33)31-20-5-6-20)18-4-7-22(16-8-9-34-14-16)17(12-18)13-21(32)11-15-2-1-3-19(10-15)25(28,29)30/h1-4,7-10,12,14,20H,5-6,11,13H2,(H,31,33). The van der Waals surface area contributed by atoms with Crippen LogP contribution in [0.4, 0.5) is 22.0 Å². The normalized spacial score (nSPS) is 14.1. The molecule has 1 aliphatic rings. The van der Waals surface area contributed by atoms with Gasteiger partial charge in [-0.15, -0.1) is 0 Å². The van der Waals surface area contributed by atoms with Crippen molar-refractivity contribution in [2.45, 2.75) is 43.8 Å². The lowest BCUT2D eigenvalue weighted by Gasteiger charge is -2.18. The van der Waals surface area contributed by atoms with Crippen molar-refractivity contribution in [2.24, 2.45) is 0 Å². The van der Waals surface area contributed by atoms with Crippen LogP contribution < -0.4 is 5.32 Å². The third kappa shape index (κ3) is 5.52. The van der Waals surface area contributed by atoms with Gasteiger partial charge >= 0.3 is 12.1 Å². The van der Waals surface area contributed by atoms with Crippen molar-refractivity contribution in [3.05, 3.63) is 81.5 Å². The van der Waals surface area contributed by atoms with E-state index in [2.05, 4.69) is 5.32 Å². The maximum absolute atomic E-state index is 14.8. The lowest BCUT2D eigenvalue weighted by atomic mass is 9.92. The van der Waals surface area contributed by atoms with E-state index in [0.29, 0.717) is 18.4 Å². The molecule has 1 saturated carbocycles. The van der Waals surface area contributed by atoms with Gasteiger partial charge in [-0.3, -0.25) is 9.59 Å². The summed E-state index contributed by atoms with van der Waals surface area (Å²) in [4.78, 5) is 24.9. The van der Waals surface area contributed by atoms with Gasteiger partial charge in [0.1, 0.15) is 5.78 Å². The molecule has 1 fully saturated rings. The number of hydrogen-bond donors (Lipinski definition) is 1. The van der Waals surface area contributed by atoms with Crippen LogP contribution in [-0.4, -0.2) is 17.7 Å². The number of benzene rings is 2. The number of carbonyl (C=O) groups excluding carboxylic acids is 2. The molecule has 178 valence electrons. The van der Waals surface area contributed by atoms with E-state index >= 15 is 0 Å². The van der Waals surface area contributed by atoms with Crippen LogP contribution in [0.2, 0.25) is 0 Å². The predicted molar refractivity (Wildman–Crippen MR) is 119 cm³/mol. The Kier molecular flexibility index (Phi) is 6.58. The van der Waals surface area contributed by atoms with Crippen LogP contribution in [0.5, 0.6) is 0 Å². The minimum atomic E-state index is -4.54. The van der Waals surface area contributed by atoms with Crippen LogP contribution >= 0.6 is 11.3 Å². The number of amides is 1. The third-order valence-electron chi connectivity index (χ3n) is 5.54. The van der Waals surface area contributed by atoms with Crippen molar-refractivity contribution >= 4 is 23.0 Å². The second kappa shape index (κ2) is 9.29. The minimum absolute atomic E-state index is 0.183. The average molecular weight is 493 g/mol. The highest BCUT2D eigenvalue weighted by Gasteiger charge is 2.43. The number of Topliss-reactive ketones (excluding diaryl/α,β-unsaturated/α-hetero) is 1. The molecule has 3 nitrogen and oxygen atoms in total. The molecule has 4 rings (SSSR count). The van der Waals surface area contributed by atoms with Crippen LogP contribution in [-0.2, 0) is 34.5 Å². The smallest absolute Gasteiger partial charge is 0.348 e. The Bertz CT molecular complexity index is 1200. The Hall–Kier alpha value is -3.07. The lowest BCUT2D eigenvalue weighted by molar-refractivity contribution is -0.147. The molecule has 1 amide bonds. The van der Waals surface area contributed by atoms with Gasteiger partial charge in [-0.1, -0.05) is 30.3 Å². The van der Waals surface area contributed by atoms with E-state index in [0.717, 1.165) is 23.8 Å². The zero-order valence-corrected chi connectivity index (χ0v) is 18.6. The van der Waals surface area contributed by atoms with Crippen molar-refractivity contribution in [1.29, 1.82) is 0 Å². The summed E-state index contributed by atoms with van der Waals surface area (Å²) in [7, 11) is 0. The van der Waals surface area contributed by atoms with Gasteiger partial charge in [0.05, 0.1) is 5.56 Å². The van der Waals surface area contributed by atoms with Gasteiger partial charge in [-0.2, -0.15) is 33.3 Å². The molecule has 3 aromatic rings.